The number of rotatable bonds is 0. The molecule has 82 valence electrons. The summed E-state index contributed by atoms with van der Waals surface area (Å²) in [6.07, 6.45) is -0.167. The van der Waals surface area contributed by atoms with Crippen LogP contribution in [-0.4, -0.2) is 33.5 Å². The van der Waals surface area contributed by atoms with E-state index in [1.54, 1.807) is 13.8 Å². The molecular weight excluding hydrogens is 176 g/mol. The molecule has 13 heavy (non-hydrogen) atoms. The molecule has 0 aliphatic carbocycles. The number of aliphatic carboxylic acids is 1. The van der Waals surface area contributed by atoms with Crippen LogP contribution in [0.25, 0.3) is 0 Å². The average molecular weight is 196 g/mol. The van der Waals surface area contributed by atoms with Crippen molar-refractivity contribution in [3.8, 4) is 0 Å². The third kappa shape index (κ3) is 1030. The van der Waals surface area contributed by atoms with Crippen LogP contribution in [0.3, 0.4) is 0 Å². The van der Waals surface area contributed by atoms with E-state index in [-0.39, 0.29) is 17.4 Å². The fourth-order valence-corrected chi connectivity index (χ4v) is 0. The summed E-state index contributed by atoms with van der Waals surface area (Å²) in [5.41, 5.74) is 0. The maximum atomic E-state index is 9.44. The number of carbonyl (C=O) groups excluding carboxylic acids is 1. The van der Waals surface area contributed by atoms with Crippen molar-refractivity contribution in [2.45, 2.75) is 40.7 Å². The highest BCUT2D eigenvalue weighted by Crippen LogP contribution is 1.65. The van der Waals surface area contributed by atoms with Crippen molar-refractivity contribution in [3.05, 3.63) is 0 Å². The van der Waals surface area contributed by atoms with E-state index < -0.39 is 5.97 Å². The highest BCUT2D eigenvalue weighted by Gasteiger charge is 1.69. The first-order valence-electron chi connectivity index (χ1n) is 3.54. The van der Waals surface area contributed by atoms with Crippen LogP contribution in [0.1, 0.15) is 34.6 Å². The van der Waals surface area contributed by atoms with Crippen LogP contribution >= 0.6 is 0 Å². The number of ketones is 1. The summed E-state index contributed by atoms with van der Waals surface area (Å²) in [7, 11) is 0. The molecule has 0 aliphatic rings. The predicted molar refractivity (Wildman–Crippen MR) is 50.6 cm³/mol. The molecule has 0 aliphatic heterocycles. The summed E-state index contributed by atoms with van der Waals surface area (Å²) in [5, 5.41) is 15.5. The second kappa shape index (κ2) is 17.2. The molecule has 0 rings (SSSR count). The third-order valence-corrected chi connectivity index (χ3v) is 0. The van der Waals surface area contributed by atoms with E-state index in [0.29, 0.717) is 0 Å². The Kier molecular flexibility index (Phi) is 30.1. The van der Waals surface area contributed by atoms with Gasteiger partial charge in [-0.1, -0.05) is 0 Å². The number of carboxylic acids is 1. The smallest absolute Gasteiger partial charge is 0.300 e. The molecule has 5 nitrogen and oxygen atoms in total. The molecule has 0 spiro atoms. The number of carboxylic acid groups (broad SMARTS) is 1. The minimum atomic E-state index is -0.833. The van der Waals surface area contributed by atoms with E-state index in [1.165, 1.54) is 13.8 Å². The molecule has 4 N–H and O–H groups in total. The molecule has 0 saturated carbocycles. The van der Waals surface area contributed by atoms with Crippen LogP contribution in [0.2, 0.25) is 0 Å². The zero-order chi connectivity index (χ0) is 10.7. The van der Waals surface area contributed by atoms with Gasteiger partial charge in [-0.3, -0.25) is 4.79 Å². The van der Waals surface area contributed by atoms with Gasteiger partial charge in [-0.15, -0.1) is 0 Å². The largest absolute Gasteiger partial charge is 0.481 e. The average Bonchev–Trinajstić information content (AvgIpc) is 1.54. The van der Waals surface area contributed by atoms with Gasteiger partial charge in [0.05, 0.1) is 0 Å². The van der Waals surface area contributed by atoms with Crippen LogP contribution in [-0.2, 0) is 9.59 Å². The Morgan fingerprint density at radius 2 is 1.08 bits per heavy atom. The van der Waals surface area contributed by atoms with Gasteiger partial charge in [0.2, 0.25) is 0 Å². The van der Waals surface area contributed by atoms with Crippen molar-refractivity contribution in [2.75, 3.05) is 0 Å². The van der Waals surface area contributed by atoms with Gasteiger partial charge in [-0.2, -0.15) is 0 Å². The van der Waals surface area contributed by atoms with Crippen LogP contribution < -0.4 is 0 Å². The summed E-state index contributed by atoms with van der Waals surface area (Å²) in [5.74, 6) is -0.667. The third-order valence-electron chi connectivity index (χ3n) is 0. The van der Waals surface area contributed by atoms with E-state index in [4.69, 9.17) is 15.0 Å². The maximum Gasteiger partial charge on any atom is 0.300 e. The number of Topliss-reactive ketones (excluding diaryl/α,β-unsaturated/α-hetero) is 1. The normalized spacial score (nSPS) is 6.69. The number of hydrogen-bond donors (Lipinski definition) is 2. The Bertz CT molecular complexity index is 96.9. The number of hydrogen-bond acceptors (Lipinski definition) is 3. The Balaban J connectivity index is -0.0000000450. The fraction of sp³-hybridized carbons (Fsp3) is 0.750. The highest BCUT2D eigenvalue weighted by atomic mass is 16.4. The molecule has 0 fully saturated rings. The minimum Gasteiger partial charge on any atom is -0.481 e. The van der Waals surface area contributed by atoms with Gasteiger partial charge in [0.1, 0.15) is 5.78 Å². The van der Waals surface area contributed by atoms with Crippen molar-refractivity contribution in [1.29, 1.82) is 0 Å². The van der Waals surface area contributed by atoms with E-state index in [9.17, 15) is 4.79 Å². The lowest BCUT2D eigenvalue weighted by atomic mass is 10.5. The standard InChI is InChI=1S/C3H8O.C3H6O.C2H4O2.H2O/c2*1-3(2)4;1-2(3)4;/h3-4H,1-2H3;1-2H3;1H3,(H,3,4);1H2. The fourth-order valence-electron chi connectivity index (χ4n) is 0. The van der Waals surface area contributed by atoms with Gasteiger partial charge in [0.15, 0.2) is 0 Å². The van der Waals surface area contributed by atoms with Gasteiger partial charge in [0.25, 0.3) is 5.97 Å². The van der Waals surface area contributed by atoms with Gasteiger partial charge in [-0.05, 0) is 27.7 Å². The number of carbonyl (C=O) groups is 2. The second-order valence-electron chi connectivity index (χ2n) is 2.52. The Morgan fingerprint density at radius 3 is 1.08 bits per heavy atom. The quantitative estimate of drug-likeness (QED) is 0.579. The Hall–Kier alpha value is -0.940. The molecule has 0 bridgehead atoms. The first-order chi connectivity index (χ1) is 5.20. The summed E-state index contributed by atoms with van der Waals surface area (Å²) in [6.45, 7) is 7.58. The molecule has 0 amide bonds. The van der Waals surface area contributed by atoms with Gasteiger partial charge in [0, 0.05) is 13.0 Å². The van der Waals surface area contributed by atoms with Gasteiger partial charge < -0.3 is 20.5 Å². The Morgan fingerprint density at radius 1 is 1.08 bits per heavy atom. The van der Waals surface area contributed by atoms with E-state index in [1.807, 2.05) is 0 Å². The van der Waals surface area contributed by atoms with Crippen LogP contribution in [0.4, 0.5) is 0 Å². The number of aliphatic hydroxyl groups excluding tert-OH is 1. The van der Waals surface area contributed by atoms with Crippen LogP contribution in [0.15, 0.2) is 0 Å². The molecule has 0 unspecified atom stereocenters. The van der Waals surface area contributed by atoms with E-state index in [0.717, 1.165) is 6.92 Å². The lowest BCUT2D eigenvalue weighted by Gasteiger charge is -1.80. The summed E-state index contributed by atoms with van der Waals surface area (Å²) in [4.78, 5) is 18.4. The molecule has 0 radical (unpaired) electrons. The number of aliphatic hydroxyl groups is 1. The Labute approximate surface area is 78.7 Å². The van der Waals surface area contributed by atoms with E-state index >= 15 is 0 Å². The minimum absolute atomic E-state index is 0. The van der Waals surface area contributed by atoms with Crippen molar-refractivity contribution in [2.24, 2.45) is 0 Å². The molecule has 0 atom stereocenters. The van der Waals surface area contributed by atoms with Crippen molar-refractivity contribution >= 4 is 11.8 Å². The SMILES string of the molecule is CC(=O)O.CC(C)=O.CC(C)O.O. The van der Waals surface area contributed by atoms with Crippen molar-refractivity contribution < 1.29 is 25.3 Å². The van der Waals surface area contributed by atoms with E-state index in [2.05, 4.69) is 0 Å². The lowest BCUT2D eigenvalue weighted by molar-refractivity contribution is -0.134. The van der Waals surface area contributed by atoms with Gasteiger partial charge >= 0.3 is 0 Å². The maximum absolute atomic E-state index is 9.44. The molecule has 0 saturated heterocycles. The molecule has 0 aromatic carbocycles. The predicted octanol–water partition coefficient (Wildman–Crippen LogP) is 0.249. The van der Waals surface area contributed by atoms with Crippen LogP contribution in [0, 0.1) is 0 Å². The van der Waals surface area contributed by atoms with Crippen molar-refractivity contribution in [3.63, 3.8) is 0 Å². The first-order valence-corrected chi connectivity index (χ1v) is 3.54. The highest BCUT2D eigenvalue weighted by molar-refractivity contribution is 5.72. The lowest BCUT2D eigenvalue weighted by Crippen LogP contribution is -1.85. The molecule has 5 heteroatoms. The molecule has 0 aromatic heterocycles. The summed E-state index contributed by atoms with van der Waals surface area (Å²) in [6, 6.07) is 0. The zero-order valence-corrected chi connectivity index (χ0v) is 8.79. The van der Waals surface area contributed by atoms with Gasteiger partial charge in [-0.25, -0.2) is 0 Å². The topological polar surface area (TPSA) is 106 Å². The summed E-state index contributed by atoms with van der Waals surface area (Å²) < 4.78 is 0. The second-order valence-corrected chi connectivity index (χ2v) is 2.52. The van der Waals surface area contributed by atoms with Crippen molar-refractivity contribution in [1.82, 2.24) is 0 Å². The van der Waals surface area contributed by atoms with Crippen LogP contribution in [0.5, 0.6) is 0 Å². The first kappa shape index (κ1) is 22.7. The molecule has 0 aromatic rings. The molecular formula is C8H20O5. The summed E-state index contributed by atoms with van der Waals surface area (Å²) >= 11 is 0. The molecule has 0 heterocycles. The monoisotopic (exact) mass is 196 g/mol. The zero-order valence-electron chi connectivity index (χ0n) is 8.79.